The molecule has 1 aromatic carbocycles. The number of primary amides is 1. The largest absolute Gasteiger partial charge is 0.492 e. The molecule has 0 fully saturated rings. The number of ether oxygens (including phenoxy) is 1. The Bertz CT molecular complexity index is 405. The van der Waals surface area contributed by atoms with Crippen LogP contribution in [0, 0.1) is 12.8 Å². The van der Waals surface area contributed by atoms with Gasteiger partial charge in [0.2, 0.25) is 5.91 Å². The number of benzene rings is 1. The molecular formula is C14H22N2O2. The Balaban J connectivity index is 2.71. The summed E-state index contributed by atoms with van der Waals surface area (Å²) in [5.74, 6) is 0.197. The van der Waals surface area contributed by atoms with Gasteiger partial charge in [-0.05, 0) is 19.5 Å². The molecule has 18 heavy (non-hydrogen) atoms. The lowest BCUT2D eigenvalue weighted by atomic mass is 10.1. The molecule has 0 saturated heterocycles. The zero-order chi connectivity index (χ0) is 13.5. The summed E-state index contributed by atoms with van der Waals surface area (Å²) in [6.07, 6.45) is 0. The van der Waals surface area contributed by atoms with Gasteiger partial charge >= 0.3 is 0 Å². The second-order valence-corrected chi connectivity index (χ2v) is 4.51. The second kappa shape index (κ2) is 7.01. The normalized spacial score (nSPS) is 12.2. The summed E-state index contributed by atoms with van der Waals surface area (Å²) in [6, 6.07) is 6.03. The van der Waals surface area contributed by atoms with Gasteiger partial charge in [0.1, 0.15) is 5.75 Å². The minimum atomic E-state index is -0.338. The van der Waals surface area contributed by atoms with E-state index in [1.54, 1.807) is 6.92 Å². The molecule has 0 aliphatic rings. The zero-order valence-corrected chi connectivity index (χ0v) is 11.3. The first-order valence-electron chi connectivity index (χ1n) is 6.27. The third kappa shape index (κ3) is 4.37. The fourth-order valence-corrected chi connectivity index (χ4v) is 1.54. The molecule has 0 saturated carbocycles. The molecule has 4 heteroatoms. The van der Waals surface area contributed by atoms with Gasteiger partial charge < -0.3 is 15.8 Å². The molecule has 1 amide bonds. The topological polar surface area (TPSA) is 64.3 Å². The maximum Gasteiger partial charge on any atom is 0.223 e. The van der Waals surface area contributed by atoms with Crippen molar-refractivity contribution in [3.8, 4) is 5.75 Å². The van der Waals surface area contributed by atoms with Crippen LogP contribution >= 0.6 is 0 Å². The van der Waals surface area contributed by atoms with Crippen molar-refractivity contribution in [1.82, 2.24) is 5.32 Å². The Morgan fingerprint density at radius 2 is 2.22 bits per heavy atom. The van der Waals surface area contributed by atoms with Gasteiger partial charge in [-0.3, -0.25) is 4.79 Å². The van der Waals surface area contributed by atoms with Crippen LogP contribution in [0.5, 0.6) is 5.75 Å². The summed E-state index contributed by atoms with van der Waals surface area (Å²) in [6.45, 7) is 7.86. The third-order valence-electron chi connectivity index (χ3n) is 2.76. The monoisotopic (exact) mass is 250 g/mol. The number of carbonyl (C=O) groups is 1. The van der Waals surface area contributed by atoms with Gasteiger partial charge in [-0.1, -0.05) is 31.5 Å². The summed E-state index contributed by atoms with van der Waals surface area (Å²) in [4.78, 5) is 11.0. The molecule has 0 aliphatic heterocycles. The van der Waals surface area contributed by atoms with E-state index in [2.05, 4.69) is 18.3 Å². The van der Waals surface area contributed by atoms with Crippen LogP contribution in [0.25, 0.3) is 0 Å². The Hall–Kier alpha value is -1.55. The fraction of sp³-hybridized carbons (Fsp3) is 0.500. The lowest BCUT2D eigenvalue weighted by Gasteiger charge is -2.14. The molecule has 4 nitrogen and oxygen atoms in total. The van der Waals surface area contributed by atoms with Crippen LogP contribution in [-0.4, -0.2) is 19.1 Å². The molecule has 1 atom stereocenters. The molecule has 0 heterocycles. The third-order valence-corrected chi connectivity index (χ3v) is 2.76. The molecule has 100 valence electrons. The van der Waals surface area contributed by atoms with E-state index >= 15 is 0 Å². The number of nitrogens with one attached hydrogen (secondary N) is 1. The summed E-state index contributed by atoms with van der Waals surface area (Å²) in [7, 11) is 0. The Kier molecular flexibility index (Phi) is 5.65. The van der Waals surface area contributed by atoms with Crippen molar-refractivity contribution in [2.75, 3.05) is 13.2 Å². The lowest BCUT2D eigenvalue weighted by Crippen LogP contribution is -2.26. The standard InChI is InChI=1S/C14H22N2O2/c1-4-16-8-12-7-10(2)5-6-13(12)18-9-11(3)14(15)17/h5-7,11,16H,4,8-9H2,1-3H3,(H2,15,17). The van der Waals surface area contributed by atoms with Gasteiger partial charge in [-0.25, -0.2) is 0 Å². The van der Waals surface area contributed by atoms with Crippen LogP contribution in [0.3, 0.4) is 0 Å². The van der Waals surface area contributed by atoms with Crippen LogP contribution in [0.2, 0.25) is 0 Å². The Morgan fingerprint density at radius 1 is 1.50 bits per heavy atom. The number of nitrogens with two attached hydrogens (primary N) is 1. The first kappa shape index (κ1) is 14.5. The number of carbonyl (C=O) groups excluding carboxylic acids is 1. The average molecular weight is 250 g/mol. The van der Waals surface area contributed by atoms with E-state index in [0.29, 0.717) is 6.61 Å². The molecule has 0 aliphatic carbocycles. The summed E-state index contributed by atoms with van der Waals surface area (Å²) < 4.78 is 5.67. The second-order valence-electron chi connectivity index (χ2n) is 4.51. The molecule has 0 spiro atoms. The van der Waals surface area contributed by atoms with Gasteiger partial charge in [0.15, 0.2) is 0 Å². The fourth-order valence-electron chi connectivity index (χ4n) is 1.54. The minimum absolute atomic E-state index is 0.279. The van der Waals surface area contributed by atoms with Crippen molar-refractivity contribution < 1.29 is 9.53 Å². The molecule has 0 aromatic heterocycles. The Morgan fingerprint density at radius 3 is 2.83 bits per heavy atom. The average Bonchev–Trinajstić information content (AvgIpc) is 2.34. The molecule has 0 radical (unpaired) electrons. The number of hydrogen-bond donors (Lipinski definition) is 2. The summed E-state index contributed by atoms with van der Waals surface area (Å²) >= 11 is 0. The number of hydrogen-bond acceptors (Lipinski definition) is 3. The van der Waals surface area contributed by atoms with Crippen LogP contribution in [0.4, 0.5) is 0 Å². The highest BCUT2D eigenvalue weighted by molar-refractivity contribution is 5.76. The highest BCUT2D eigenvalue weighted by atomic mass is 16.5. The number of amides is 1. The van der Waals surface area contributed by atoms with Gasteiger partial charge in [0.25, 0.3) is 0 Å². The number of aryl methyl sites for hydroxylation is 1. The van der Waals surface area contributed by atoms with E-state index in [-0.39, 0.29) is 11.8 Å². The molecule has 1 aromatic rings. The van der Waals surface area contributed by atoms with Crippen molar-refractivity contribution >= 4 is 5.91 Å². The van der Waals surface area contributed by atoms with Crippen LogP contribution < -0.4 is 15.8 Å². The first-order chi connectivity index (χ1) is 8.54. The van der Waals surface area contributed by atoms with Crippen molar-refractivity contribution in [1.29, 1.82) is 0 Å². The predicted molar refractivity (Wildman–Crippen MR) is 72.4 cm³/mol. The number of rotatable bonds is 7. The van der Waals surface area contributed by atoms with E-state index in [1.165, 1.54) is 5.56 Å². The summed E-state index contributed by atoms with van der Waals surface area (Å²) in [5, 5.41) is 3.27. The predicted octanol–water partition coefficient (Wildman–Crippen LogP) is 1.60. The van der Waals surface area contributed by atoms with Crippen molar-refractivity contribution in [2.45, 2.75) is 27.3 Å². The summed E-state index contributed by atoms with van der Waals surface area (Å²) in [5.41, 5.74) is 7.51. The molecule has 3 N–H and O–H groups in total. The highest BCUT2D eigenvalue weighted by Crippen LogP contribution is 2.20. The lowest BCUT2D eigenvalue weighted by molar-refractivity contribution is -0.122. The van der Waals surface area contributed by atoms with Gasteiger partial charge in [0, 0.05) is 12.1 Å². The first-order valence-corrected chi connectivity index (χ1v) is 6.27. The van der Waals surface area contributed by atoms with Gasteiger partial charge in [-0.15, -0.1) is 0 Å². The van der Waals surface area contributed by atoms with Crippen molar-refractivity contribution in [2.24, 2.45) is 11.7 Å². The minimum Gasteiger partial charge on any atom is -0.492 e. The van der Waals surface area contributed by atoms with E-state index in [0.717, 1.165) is 24.4 Å². The Labute approximate surface area is 109 Å². The maximum absolute atomic E-state index is 11.0. The van der Waals surface area contributed by atoms with E-state index in [9.17, 15) is 4.79 Å². The van der Waals surface area contributed by atoms with E-state index < -0.39 is 0 Å². The maximum atomic E-state index is 11.0. The van der Waals surface area contributed by atoms with Crippen molar-refractivity contribution in [3.05, 3.63) is 29.3 Å². The molecule has 0 bridgehead atoms. The van der Waals surface area contributed by atoms with Gasteiger partial charge in [0.05, 0.1) is 12.5 Å². The zero-order valence-electron chi connectivity index (χ0n) is 11.3. The van der Waals surface area contributed by atoms with Crippen LogP contribution in [0.15, 0.2) is 18.2 Å². The highest BCUT2D eigenvalue weighted by Gasteiger charge is 2.11. The van der Waals surface area contributed by atoms with Gasteiger partial charge in [-0.2, -0.15) is 0 Å². The van der Waals surface area contributed by atoms with E-state index in [4.69, 9.17) is 10.5 Å². The van der Waals surface area contributed by atoms with E-state index in [1.807, 2.05) is 19.1 Å². The SMILES string of the molecule is CCNCc1cc(C)ccc1OCC(C)C(N)=O. The smallest absolute Gasteiger partial charge is 0.223 e. The van der Waals surface area contributed by atoms with Crippen LogP contribution in [-0.2, 0) is 11.3 Å². The quantitative estimate of drug-likeness (QED) is 0.772. The molecular weight excluding hydrogens is 228 g/mol. The molecule has 1 rings (SSSR count). The van der Waals surface area contributed by atoms with Crippen LogP contribution in [0.1, 0.15) is 25.0 Å². The molecule has 1 unspecified atom stereocenters. The van der Waals surface area contributed by atoms with Crippen molar-refractivity contribution in [3.63, 3.8) is 0 Å².